The van der Waals surface area contributed by atoms with Crippen molar-refractivity contribution in [2.45, 2.75) is 58.8 Å². The monoisotopic (exact) mass is 684 g/mol. The van der Waals surface area contributed by atoms with Crippen LogP contribution in [-0.4, -0.2) is 82.0 Å². The van der Waals surface area contributed by atoms with Crippen molar-refractivity contribution < 1.29 is 38.1 Å². The minimum absolute atomic E-state index is 0.101. The number of thiophene rings is 1. The Morgan fingerprint density at radius 3 is 2.43 bits per heavy atom. The minimum Gasteiger partial charge on any atom is -0.462 e. The third-order valence-electron chi connectivity index (χ3n) is 7.85. The van der Waals surface area contributed by atoms with Gasteiger partial charge in [-0.05, 0) is 24.0 Å². The van der Waals surface area contributed by atoms with Crippen LogP contribution in [0.25, 0.3) is 43.8 Å². The number of fused-ring (bicyclic) bond motifs is 8. The summed E-state index contributed by atoms with van der Waals surface area (Å²) in [5.41, 5.74) is 4.19. The number of esters is 4. The standard InChI is InChI=1S/C32H28N8O8S/c1-15(41)45-12-22(46-16(2)42)26(47-17(3)43)27(48-18(4)44)28-37-30-21-11-36-40(29(21)35-14-39(30)38-28)31-25-24-20-8-6-5-7-19(20)9-10-23(24)49-32(25)34-13-33-31/h5-8,11,13-14,22,26-27H,9-10,12H2,1-4H3/t22-,26-,27-/m1/s1. The molecular weight excluding hydrogens is 656 g/mol. The van der Waals surface area contributed by atoms with Crippen molar-refractivity contribution in [2.75, 3.05) is 6.61 Å². The Hall–Kier alpha value is -5.84. The fourth-order valence-corrected chi connectivity index (χ4v) is 7.15. The Morgan fingerprint density at radius 2 is 1.67 bits per heavy atom. The van der Waals surface area contributed by atoms with E-state index in [4.69, 9.17) is 18.9 Å². The van der Waals surface area contributed by atoms with Gasteiger partial charge in [0, 0.05) is 38.1 Å². The highest BCUT2D eigenvalue weighted by Crippen LogP contribution is 2.45. The van der Waals surface area contributed by atoms with Crippen molar-refractivity contribution >= 4 is 62.1 Å². The molecule has 0 aliphatic heterocycles. The molecule has 0 bridgehead atoms. The van der Waals surface area contributed by atoms with E-state index in [2.05, 4.69) is 42.3 Å². The maximum absolute atomic E-state index is 12.3. The molecule has 17 heteroatoms. The molecule has 0 amide bonds. The number of nitrogens with zero attached hydrogens (tertiary/aromatic N) is 8. The molecule has 1 aliphatic carbocycles. The van der Waals surface area contributed by atoms with Crippen molar-refractivity contribution in [3.8, 4) is 16.9 Å². The van der Waals surface area contributed by atoms with Crippen molar-refractivity contribution in [1.82, 2.24) is 39.3 Å². The van der Waals surface area contributed by atoms with E-state index in [1.807, 2.05) is 12.1 Å². The van der Waals surface area contributed by atoms with Crippen LogP contribution in [0, 0.1) is 0 Å². The van der Waals surface area contributed by atoms with Crippen LogP contribution >= 0.6 is 11.3 Å². The maximum atomic E-state index is 12.3. The maximum Gasteiger partial charge on any atom is 0.303 e. The first-order valence-electron chi connectivity index (χ1n) is 15.2. The summed E-state index contributed by atoms with van der Waals surface area (Å²) in [7, 11) is 0. The quantitative estimate of drug-likeness (QED) is 0.159. The lowest BCUT2D eigenvalue weighted by Crippen LogP contribution is -2.44. The third kappa shape index (κ3) is 5.92. The molecule has 5 heterocycles. The zero-order chi connectivity index (χ0) is 34.4. The summed E-state index contributed by atoms with van der Waals surface area (Å²) in [5, 5.41) is 10.5. The first-order valence-corrected chi connectivity index (χ1v) is 16.0. The van der Waals surface area contributed by atoms with E-state index >= 15 is 0 Å². The highest BCUT2D eigenvalue weighted by atomic mass is 32.1. The van der Waals surface area contributed by atoms with E-state index in [0.29, 0.717) is 16.9 Å². The Bertz CT molecular complexity index is 2300. The number of hydrogen-bond donors (Lipinski definition) is 0. The Morgan fingerprint density at radius 1 is 0.898 bits per heavy atom. The number of hydrogen-bond acceptors (Lipinski definition) is 15. The molecule has 0 radical (unpaired) electrons. The van der Waals surface area contributed by atoms with Crippen molar-refractivity contribution in [2.24, 2.45) is 0 Å². The van der Waals surface area contributed by atoms with Crippen LogP contribution in [-0.2, 0) is 51.0 Å². The molecule has 1 aliphatic rings. The highest BCUT2D eigenvalue weighted by Gasteiger charge is 2.41. The van der Waals surface area contributed by atoms with Gasteiger partial charge in [0.05, 0.1) is 17.0 Å². The van der Waals surface area contributed by atoms with Crippen LogP contribution in [0.1, 0.15) is 50.1 Å². The van der Waals surface area contributed by atoms with Crippen LogP contribution in [0.5, 0.6) is 0 Å². The summed E-state index contributed by atoms with van der Waals surface area (Å²) in [6, 6.07) is 8.30. The molecule has 16 nitrogen and oxygen atoms in total. The second kappa shape index (κ2) is 12.6. The molecule has 6 aromatic rings. The van der Waals surface area contributed by atoms with E-state index in [0.717, 1.165) is 61.9 Å². The zero-order valence-corrected chi connectivity index (χ0v) is 27.5. The molecule has 3 atom stereocenters. The van der Waals surface area contributed by atoms with Gasteiger partial charge >= 0.3 is 23.9 Å². The Labute approximate surface area is 281 Å². The Kier molecular flexibility index (Phi) is 8.19. The Balaban J connectivity index is 1.35. The second-order valence-electron chi connectivity index (χ2n) is 11.3. The third-order valence-corrected chi connectivity index (χ3v) is 9.01. The summed E-state index contributed by atoms with van der Waals surface area (Å²) in [5.74, 6) is -2.53. The topological polar surface area (TPSA) is 192 Å². The van der Waals surface area contributed by atoms with Gasteiger partial charge in [-0.2, -0.15) is 9.78 Å². The van der Waals surface area contributed by atoms with Gasteiger partial charge in [0.2, 0.25) is 6.10 Å². The number of ether oxygens (including phenoxy) is 4. The summed E-state index contributed by atoms with van der Waals surface area (Å²) in [6.07, 6.45) is 1.98. The number of aryl methyl sites for hydroxylation is 2. The van der Waals surface area contributed by atoms with Crippen LogP contribution in [0.2, 0.25) is 0 Å². The summed E-state index contributed by atoms with van der Waals surface area (Å²) >= 11 is 1.64. The molecule has 49 heavy (non-hydrogen) atoms. The highest BCUT2D eigenvalue weighted by molar-refractivity contribution is 7.19. The zero-order valence-electron chi connectivity index (χ0n) is 26.6. The SMILES string of the molecule is CC(=O)OC[C@@H](OC(C)=O)[C@@H](OC(C)=O)[C@@H](OC(C)=O)c1nc2c3cnn(-c4ncnc5sc6c(c45)-c4ccccc4CC6)c3ncn2n1. The van der Waals surface area contributed by atoms with Gasteiger partial charge in [-0.15, -0.1) is 16.4 Å². The fourth-order valence-electron chi connectivity index (χ4n) is 6.01. The van der Waals surface area contributed by atoms with Crippen molar-refractivity contribution in [1.29, 1.82) is 0 Å². The minimum atomic E-state index is -1.49. The number of rotatable bonds is 9. The molecule has 0 saturated carbocycles. The van der Waals surface area contributed by atoms with Gasteiger partial charge in [0.1, 0.15) is 24.1 Å². The van der Waals surface area contributed by atoms with Gasteiger partial charge in [0.25, 0.3) is 0 Å². The first-order chi connectivity index (χ1) is 23.6. The van der Waals surface area contributed by atoms with E-state index in [1.54, 1.807) is 22.2 Å². The second-order valence-corrected chi connectivity index (χ2v) is 12.3. The van der Waals surface area contributed by atoms with E-state index in [-0.39, 0.29) is 11.5 Å². The predicted octanol–water partition coefficient (Wildman–Crippen LogP) is 3.26. The summed E-state index contributed by atoms with van der Waals surface area (Å²) in [6.45, 7) is 4.07. The van der Waals surface area contributed by atoms with Crippen molar-refractivity contribution in [3.63, 3.8) is 0 Å². The van der Waals surface area contributed by atoms with E-state index < -0.39 is 48.8 Å². The molecule has 0 saturated heterocycles. The smallest absolute Gasteiger partial charge is 0.303 e. The average Bonchev–Trinajstić information content (AvgIpc) is 3.79. The number of aromatic nitrogens is 8. The molecule has 5 aromatic heterocycles. The number of carbonyl (C=O) groups excluding carboxylic acids is 4. The van der Waals surface area contributed by atoms with Crippen LogP contribution < -0.4 is 0 Å². The molecular formula is C32H28N8O8S. The lowest BCUT2D eigenvalue weighted by atomic mass is 9.89. The van der Waals surface area contributed by atoms with E-state index in [9.17, 15) is 19.2 Å². The summed E-state index contributed by atoms with van der Waals surface area (Å²) in [4.78, 5) is 68.8. The van der Waals surface area contributed by atoms with Crippen LogP contribution in [0.3, 0.4) is 0 Å². The fraction of sp³-hybridized carbons (Fsp3) is 0.312. The van der Waals surface area contributed by atoms with Crippen LogP contribution in [0.4, 0.5) is 0 Å². The molecule has 0 N–H and O–H groups in total. The molecule has 250 valence electrons. The van der Waals surface area contributed by atoms with Gasteiger partial charge in [0.15, 0.2) is 35.1 Å². The lowest BCUT2D eigenvalue weighted by molar-refractivity contribution is -0.190. The van der Waals surface area contributed by atoms with Gasteiger partial charge in [-0.25, -0.2) is 24.5 Å². The number of benzene rings is 1. The van der Waals surface area contributed by atoms with Gasteiger partial charge < -0.3 is 18.9 Å². The molecule has 0 spiro atoms. The van der Waals surface area contributed by atoms with Gasteiger partial charge in [-0.3, -0.25) is 19.2 Å². The summed E-state index contributed by atoms with van der Waals surface area (Å²) < 4.78 is 24.5. The van der Waals surface area contributed by atoms with Gasteiger partial charge in [-0.1, -0.05) is 24.3 Å². The molecule has 1 aromatic carbocycles. The normalized spacial score (nSPS) is 14.1. The van der Waals surface area contributed by atoms with Crippen molar-refractivity contribution in [3.05, 3.63) is 59.4 Å². The molecule has 0 fully saturated rings. The molecule has 0 unspecified atom stereocenters. The van der Waals surface area contributed by atoms with Crippen LogP contribution in [0.15, 0.2) is 43.1 Å². The lowest BCUT2D eigenvalue weighted by Gasteiger charge is -2.30. The first kappa shape index (κ1) is 31.7. The largest absolute Gasteiger partial charge is 0.462 e. The van der Waals surface area contributed by atoms with E-state index in [1.165, 1.54) is 27.6 Å². The average molecular weight is 685 g/mol. The predicted molar refractivity (Wildman–Crippen MR) is 171 cm³/mol. The number of carbonyl (C=O) groups is 4. The molecule has 7 rings (SSSR count).